The van der Waals surface area contributed by atoms with Gasteiger partial charge in [0.25, 0.3) is 0 Å². The predicted molar refractivity (Wildman–Crippen MR) is 137 cm³/mol. The van der Waals surface area contributed by atoms with Gasteiger partial charge in [0.1, 0.15) is 6.04 Å². The van der Waals surface area contributed by atoms with Crippen LogP contribution in [0.2, 0.25) is 15.1 Å². The number of amides is 2. The van der Waals surface area contributed by atoms with Crippen LogP contribution in [0.5, 0.6) is 0 Å². The lowest BCUT2D eigenvalue weighted by atomic mass is 10.1. The number of hydrogen-bond acceptors (Lipinski definition) is 3. The molecule has 0 bridgehead atoms. The lowest BCUT2D eigenvalue weighted by Crippen LogP contribution is -2.50. The molecule has 4 nitrogen and oxygen atoms in total. The SMILES string of the molecule is CCC(C(=O)NCC(C)C)N(Cc1ccc(Cl)cc1)C(=O)CSCc1c(Cl)cccc1Cl. The second-order valence-corrected chi connectivity index (χ2v) is 10.1. The molecule has 32 heavy (non-hydrogen) atoms. The van der Waals surface area contributed by atoms with Crippen LogP contribution in [-0.4, -0.2) is 35.1 Å². The topological polar surface area (TPSA) is 49.4 Å². The Morgan fingerprint density at radius 3 is 2.22 bits per heavy atom. The highest BCUT2D eigenvalue weighted by Gasteiger charge is 2.28. The highest BCUT2D eigenvalue weighted by Crippen LogP contribution is 2.28. The largest absolute Gasteiger partial charge is 0.354 e. The van der Waals surface area contributed by atoms with Gasteiger partial charge in [0, 0.05) is 33.9 Å². The molecule has 1 N–H and O–H groups in total. The Morgan fingerprint density at radius 2 is 1.66 bits per heavy atom. The Bertz CT molecular complexity index is 886. The van der Waals surface area contributed by atoms with E-state index >= 15 is 0 Å². The van der Waals surface area contributed by atoms with E-state index in [9.17, 15) is 9.59 Å². The van der Waals surface area contributed by atoms with Crippen LogP contribution in [0.15, 0.2) is 42.5 Å². The van der Waals surface area contributed by atoms with Gasteiger partial charge in [-0.15, -0.1) is 11.8 Å². The third-order valence-electron chi connectivity index (χ3n) is 4.87. The number of benzene rings is 2. The van der Waals surface area contributed by atoms with Gasteiger partial charge >= 0.3 is 0 Å². The summed E-state index contributed by atoms with van der Waals surface area (Å²) in [4.78, 5) is 27.8. The zero-order valence-corrected chi connectivity index (χ0v) is 21.6. The molecule has 0 saturated carbocycles. The quantitative estimate of drug-likeness (QED) is 0.373. The van der Waals surface area contributed by atoms with Crippen LogP contribution in [0.4, 0.5) is 0 Å². The molecule has 0 fully saturated rings. The average Bonchev–Trinajstić information content (AvgIpc) is 2.75. The molecule has 0 aliphatic rings. The van der Waals surface area contributed by atoms with Crippen LogP contribution in [-0.2, 0) is 21.9 Å². The summed E-state index contributed by atoms with van der Waals surface area (Å²) in [7, 11) is 0. The molecule has 1 atom stereocenters. The number of rotatable bonds is 11. The molecule has 0 spiro atoms. The van der Waals surface area contributed by atoms with Crippen molar-refractivity contribution in [1.29, 1.82) is 0 Å². The van der Waals surface area contributed by atoms with E-state index in [0.717, 1.165) is 11.1 Å². The smallest absolute Gasteiger partial charge is 0.242 e. The molecule has 2 amide bonds. The Kier molecular flexibility index (Phi) is 11.2. The van der Waals surface area contributed by atoms with Crippen LogP contribution in [0.25, 0.3) is 0 Å². The van der Waals surface area contributed by atoms with E-state index in [4.69, 9.17) is 34.8 Å². The maximum atomic E-state index is 13.3. The Labute approximate surface area is 210 Å². The van der Waals surface area contributed by atoms with Crippen molar-refractivity contribution in [3.8, 4) is 0 Å². The van der Waals surface area contributed by atoms with Crippen molar-refractivity contribution in [3.05, 3.63) is 68.7 Å². The minimum absolute atomic E-state index is 0.111. The summed E-state index contributed by atoms with van der Waals surface area (Å²) in [6.07, 6.45) is 0.518. The van der Waals surface area contributed by atoms with Crippen molar-refractivity contribution in [3.63, 3.8) is 0 Å². The first-order valence-electron chi connectivity index (χ1n) is 10.5. The summed E-state index contributed by atoms with van der Waals surface area (Å²) in [6.45, 7) is 6.89. The maximum absolute atomic E-state index is 13.3. The third kappa shape index (κ3) is 8.18. The van der Waals surface area contributed by atoms with E-state index in [2.05, 4.69) is 5.32 Å². The number of nitrogens with one attached hydrogen (secondary N) is 1. The van der Waals surface area contributed by atoms with Gasteiger partial charge in [-0.2, -0.15) is 0 Å². The first-order valence-corrected chi connectivity index (χ1v) is 12.8. The Balaban J connectivity index is 2.15. The molecule has 2 aromatic rings. The molecule has 0 radical (unpaired) electrons. The highest BCUT2D eigenvalue weighted by atomic mass is 35.5. The van der Waals surface area contributed by atoms with E-state index in [0.29, 0.717) is 46.2 Å². The summed E-state index contributed by atoms with van der Waals surface area (Å²) in [5.41, 5.74) is 1.72. The summed E-state index contributed by atoms with van der Waals surface area (Å²) in [6, 6.07) is 12.1. The van der Waals surface area contributed by atoms with Crippen LogP contribution in [0.3, 0.4) is 0 Å². The number of hydrogen-bond donors (Lipinski definition) is 1. The number of carbonyl (C=O) groups is 2. The first-order chi connectivity index (χ1) is 15.2. The van der Waals surface area contributed by atoms with E-state index in [-0.39, 0.29) is 17.6 Å². The molecule has 1 unspecified atom stereocenters. The minimum Gasteiger partial charge on any atom is -0.354 e. The van der Waals surface area contributed by atoms with Crippen LogP contribution in [0.1, 0.15) is 38.3 Å². The summed E-state index contributed by atoms with van der Waals surface area (Å²) in [5.74, 6) is 0.800. The average molecular weight is 516 g/mol. The van der Waals surface area contributed by atoms with E-state index < -0.39 is 6.04 Å². The summed E-state index contributed by atoms with van der Waals surface area (Å²) < 4.78 is 0. The Morgan fingerprint density at radius 1 is 1.03 bits per heavy atom. The monoisotopic (exact) mass is 514 g/mol. The number of nitrogens with zero attached hydrogens (tertiary/aromatic N) is 1. The molecular weight excluding hydrogens is 487 g/mol. The third-order valence-corrected chi connectivity index (χ3v) is 6.77. The lowest BCUT2D eigenvalue weighted by Gasteiger charge is -2.31. The fraction of sp³-hybridized carbons (Fsp3) is 0.417. The maximum Gasteiger partial charge on any atom is 0.242 e. The second kappa shape index (κ2) is 13.3. The van der Waals surface area contributed by atoms with E-state index in [1.807, 2.05) is 32.9 Å². The van der Waals surface area contributed by atoms with Crippen molar-refractivity contribution < 1.29 is 9.59 Å². The molecule has 174 valence electrons. The van der Waals surface area contributed by atoms with Gasteiger partial charge in [0.2, 0.25) is 11.8 Å². The number of carbonyl (C=O) groups excluding carboxylic acids is 2. The number of thioether (sulfide) groups is 1. The molecular formula is C24H29Cl3N2O2S. The molecule has 0 aliphatic carbocycles. The van der Waals surface area contributed by atoms with Gasteiger partial charge in [0.15, 0.2) is 0 Å². The van der Waals surface area contributed by atoms with Gasteiger partial charge in [-0.1, -0.05) is 73.8 Å². The fourth-order valence-corrected chi connectivity index (χ4v) is 4.90. The standard InChI is InChI=1S/C24H29Cl3N2O2S/c1-4-22(24(31)28-12-16(2)3)29(13-17-8-10-18(25)11-9-17)23(30)15-32-14-19-20(26)6-5-7-21(19)27/h5-11,16,22H,4,12-15H2,1-3H3,(H,28,31). The van der Waals surface area contributed by atoms with Gasteiger partial charge in [-0.25, -0.2) is 0 Å². The summed E-state index contributed by atoms with van der Waals surface area (Å²) in [5, 5.41) is 4.75. The minimum atomic E-state index is -0.554. The normalized spacial score (nSPS) is 12.0. The van der Waals surface area contributed by atoms with Gasteiger partial charge in [0.05, 0.1) is 5.75 Å². The second-order valence-electron chi connectivity index (χ2n) is 7.90. The molecule has 2 rings (SSSR count). The number of halogens is 3. The highest BCUT2D eigenvalue weighted by molar-refractivity contribution is 7.99. The van der Waals surface area contributed by atoms with Crippen molar-refractivity contribution in [2.45, 2.75) is 45.5 Å². The zero-order chi connectivity index (χ0) is 23.7. The molecule has 0 aromatic heterocycles. The lowest BCUT2D eigenvalue weighted by molar-refractivity contribution is -0.139. The fourth-order valence-electron chi connectivity index (χ4n) is 3.12. The van der Waals surface area contributed by atoms with Gasteiger partial charge in [-0.05, 0) is 47.7 Å². The molecule has 0 heterocycles. The van der Waals surface area contributed by atoms with Crippen molar-refractivity contribution >= 4 is 58.4 Å². The van der Waals surface area contributed by atoms with Gasteiger partial charge in [-0.3, -0.25) is 9.59 Å². The van der Waals surface area contributed by atoms with Crippen LogP contribution < -0.4 is 5.32 Å². The van der Waals surface area contributed by atoms with Crippen molar-refractivity contribution in [1.82, 2.24) is 10.2 Å². The van der Waals surface area contributed by atoms with Crippen LogP contribution in [0, 0.1) is 5.92 Å². The first kappa shape index (κ1) is 26.8. The van der Waals surface area contributed by atoms with E-state index in [1.165, 1.54) is 11.8 Å². The van der Waals surface area contributed by atoms with Crippen molar-refractivity contribution in [2.24, 2.45) is 5.92 Å². The molecule has 2 aromatic carbocycles. The van der Waals surface area contributed by atoms with Crippen LogP contribution >= 0.6 is 46.6 Å². The van der Waals surface area contributed by atoms with Crippen molar-refractivity contribution in [2.75, 3.05) is 12.3 Å². The molecule has 8 heteroatoms. The predicted octanol–water partition coefficient (Wildman–Crippen LogP) is 6.46. The van der Waals surface area contributed by atoms with Gasteiger partial charge < -0.3 is 10.2 Å². The zero-order valence-electron chi connectivity index (χ0n) is 18.5. The summed E-state index contributed by atoms with van der Waals surface area (Å²) >= 11 is 19.9. The molecule has 0 aliphatic heterocycles. The Hall–Kier alpha value is -1.40. The molecule has 0 saturated heterocycles. The van der Waals surface area contributed by atoms with E-state index in [1.54, 1.807) is 35.2 Å².